The molecule has 124 valence electrons. The maximum Gasteiger partial charge on any atom is 0.168 e. The Morgan fingerprint density at radius 3 is 2.71 bits per heavy atom. The minimum Gasteiger partial charge on any atom is -0.367 e. The number of rotatable bonds is 3. The zero-order chi connectivity index (χ0) is 16.5. The molecule has 3 aromatic rings. The van der Waals surface area contributed by atoms with E-state index in [0.717, 1.165) is 22.5 Å². The lowest BCUT2D eigenvalue weighted by Crippen LogP contribution is -2.22. The second-order valence-corrected chi connectivity index (χ2v) is 6.79. The maximum atomic E-state index is 4.58. The fourth-order valence-corrected chi connectivity index (χ4v) is 3.62. The van der Waals surface area contributed by atoms with E-state index in [2.05, 4.69) is 52.4 Å². The molecule has 0 saturated heterocycles. The lowest BCUT2D eigenvalue weighted by molar-refractivity contribution is 0.462. The number of hydrogen-bond acceptors (Lipinski definition) is 4. The van der Waals surface area contributed by atoms with Gasteiger partial charge in [-0.2, -0.15) is 5.10 Å². The number of anilines is 1. The Labute approximate surface area is 142 Å². The van der Waals surface area contributed by atoms with E-state index in [9.17, 15) is 0 Å². The minimum atomic E-state index is 0.515. The molecular weight excluding hydrogens is 298 g/mol. The van der Waals surface area contributed by atoms with Gasteiger partial charge in [-0.15, -0.1) is 0 Å². The molecule has 5 heteroatoms. The van der Waals surface area contributed by atoms with E-state index in [1.165, 1.54) is 43.2 Å². The summed E-state index contributed by atoms with van der Waals surface area (Å²) in [5, 5.41) is 9.18. The molecule has 0 spiro atoms. The van der Waals surface area contributed by atoms with Crippen LogP contribution >= 0.6 is 0 Å². The molecule has 0 bridgehead atoms. The molecule has 0 radical (unpaired) electrons. The number of hydrogen-bond donors (Lipinski definition) is 1. The van der Waals surface area contributed by atoms with Crippen molar-refractivity contribution >= 4 is 16.9 Å². The van der Waals surface area contributed by atoms with E-state index >= 15 is 0 Å². The molecule has 1 saturated carbocycles. The summed E-state index contributed by atoms with van der Waals surface area (Å²) >= 11 is 0. The Morgan fingerprint density at radius 2 is 1.92 bits per heavy atom. The van der Waals surface area contributed by atoms with Crippen LogP contribution in [0.4, 0.5) is 5.82 Å². The molecule has 5 nitrogen and oxygen atoms in total. The van der Waals surface area contributed by atoms with Crippen LogP contribution in [0.3, 0.4) is 0 Å². The summed E-state index contributed by atoms with van der Waals surface area (Å²) in [5.74, 6) is 0.905. The highest BCUT2D eigenvalue weighted by atomic mass is 15.3. The Morgan fingerprint density at radius 1 is 1.08 bits per heavy atom. The standard InChI is InChI=1S/C19H23N5/c1-13-8-9-17(14(2)10-13)24-19-16(11-22-24)18(20-12-21-19)23-15-6-4-3-5-7-15/h8-12,15H,3-7H2,1-2H3,(H,20,21,23). The number of aromatic nitrogens is 4. The topological polar surface area (TPSA) is 55.6 Å². The molecule has 1 N–H and O–H groups in total. The van der Waals surface area contributed by atoms with Crippen LogP contribution in [0.25, 0.3) is 16.7 Å². The molecule has 1 aromatic carbocycles. The van der Waals surface area contributed by atoms with E-state index < -0.39 is 0 Å². The maximum absolute atomic E-state index is 4.58. The van der Waals surface area contributed by atoms with E-state index in [1.54, 1.807) is 6.33 Å². The number of aryl methyl sites for hydroxylation is 2. The summed E-state index contributed by atoms with van der Waals surface area (Å²) < 4.78 is 1.91. The summed E-state index contributed by atoms with van der Waals surface area (Å²) in [6, 6.07) is 6.90. The molecule has 0 amide bonds. The molecule has 2 aromatic heterocycles. The Kier molecular flexibility index (Phi) is 3.92. The van der Waals surface area contributed by atoms with Gasteiger partial charge in [0.25, 0.3) is 0 Å². The summed E-state index contributed by atoms with van der Waals surface area (Å²) in [7, 11) is 0. The van der Waals surface area contributed by atoms with Crippen LogP contribution in [0, 0.1) is 13.8 Å². The third-order valence-electron chi connectivity index (χ3n) is 4.89. The third kappa shape index (κ3) is 2.75. The quantitative estimate of drug-likeness (QED) is 0.786. The molecular formula is C19H23N5. The molecule has 1 fully saturated rings. The van der Waals surface area contributed by atoms with Gasteiger partial charge >= 0.3 is 0 Å². The Balaban J connectivity index is 1.73. The summed E-state index contributed by atoms with van der Waals surface area (Å²) in [4.78, 5) is 8.95. The summed E-state index contributed by atoms with van der Waals surface area (Å²) in [6.45, 7) is 4.21. The molecule has 1 aliphatic carbocycles. The highest BCUT2D eigenvalue weighted by molar-refractivity contribution is 5.87. The van der Waals surface area contributed by atoms with E-state index in [1.807, 2.05) is 10.9 Å². The average Bonchev–Trinajstić information content (AvgIpc) is 3.01. The fraction of sp³-hybridized carbons (Fsp3) is 0.421. The lowest BCUT2D eigenvalue weighted by atomic mass is 9.95. The van der Waals surface area contributed by atoms with Crippen molar-refractivity contribution in [1.82, 2.24) is 19.7 Å². The molecule has 0 aliphatic heterocycles. The van der Waals surface area contributed by atoms with Crippen molar-refractivity contribution in [2.24, 2.45) is 0 Å². The number of fused-ring (bicyclic) bond motifs is 1. The van der Waals surface area contributed by atoms with Crippen molar-refractivity contribution in [3.63, 3.8) is 0 Å². The van der Waals surface area contributed by atoms with Crippen molar-refractivity contribution in [3.05, 3.63) is 41.9 Å². The van der Waals surface area contributed by atoms with Crippen LogP contribution < -0.4 is 5.32 Å². The monoisotopic (exact) mass is 321 g/mol. The second kappa shape index (κ2) is 6.23. The number of benzene rings is 1. The third-order valence-corrected chi connectivity index (χ3v) is 4.89. The van der Waals surface area contributed by atoms with Crippen LogP contribution in [-0.2, 0) is 0 Å². The van der Waals surface area contributed by atoms with Gasteiger partial charge in [0.05, 0.1) is 17.3 Å². The minimum absolute atomic E-state index is 0.515. The van der Waals surface area contributed by atoms with Gasteiger partial charge in [0, 0.05) is 6.04 Å². The smallest absolute Gasteiger partial charge is 0.168 e. The van der Waals surface area contributed by atoms with Crippen LogP contribution in [0.15, 0.2) is 30.7 Å². The highest BCUT2D eigenvalue weighted by Crippen LogP contribution is 2.26. The van der Waals surface area contributed by atoms with Crippen molar-refractivity contribution in [1.29, 1.82) is 0 Å². The number of nitrogens with one attached hydrogen (secondary N) is 1. The van der Waals surface area contributed by atoms with Gasteiger partial charge in [-0.3, -0.25) is 0 Å². The van der Waals surface area contributed by atoms with Gasteiger partial charge in [0.15, 0.2) is 5.65 Å². The molecule has 24 heavy (non-hydrogen) atoms. The highest BCUT2D eigenvalue weighted by Gasteiger charge is 2.17. The molecule has 1 aliphatic rings. The first-order chi connectivity index (χ1) is 11.7. The van der Waals surface area contributed by atoms with Gasteiger partial charge in [-0.25, -0.2) is 14.6 Å². The van der Waals surface area contributed by atoms with Crippen molar-refractivity contribution in [2.75, 3.05) is 5.32 Å². The first-order valence-electron chi connectivity index (χ1n) is 8.75. The van der Waals surface area contributed by atoms with Crippen LogP contribution in [0.2, 0.25) is 0 Å². The summed E-state index contributed by atoms with van der Waals surface area (Å²) in [6.07, 6.45) is 9.89. The van der Waals surface area contributed by atoms with Crippen LogP contribution in [0.1, 0.15) is 43.2 Å². The molecule has 0 unspecified atom stereocenters. The normalized spacial score (nSPS) is 15.8. The largest absolute Gasteiger partial charge is 0.367 e. The molecule has 4 rings (SSSR count). The van der Waals surface area contributed by atoms with Crippen LogP contribution in [-0.4, -0.2) is 25.8 Å². The average molecular weight is 321 g/mol. The van der Waals surface area contributed by atoms with E-state index in [4.69, 9.17) is 0 Å². The lowest BCUT2D eigenvalue weighted by Gasteiger charge is -2.23. The predicted octanol–water partition coefficient (Wildman–Crippen LogP) is 4.18. The van der Waals surface area contributed by atoms with Crippen LogP contribution in [0.5, 0.6) is 0 Å². The van der Waals surface area contributed by atoms with Gasteiger partial charge < -0.3 is 5.32 Å². The van der Waals surface area contributed by atoms with Crippen molar-refractivity contribution in [2.45, 2.75) is 52.0 Å². The first-order valence-corrected chi connectivity index (χ1v) is 8.75. The zero-order valence-electron chi connectivity index (χ0n) is 14.3. The summed E-state index contributed by atoms with van der Waals surface area (Å²) in [5.41, 5.74) is 4.37. The van der Waals surface area contributed by atoms with Gasteiger partial charge in [0.2, 0.25) is 0 Å². The Bertz CT molecular complexity index is 861. The fourth-order valence-electron chi connectivity index (χ4n) is 3.62. The van der Waals surface area contributed by atoms with E-state index in [0.29, 0.717) is 6.04 Å². The van der Waals surface area contributed by atoms with Gasteiger partial charge in [-0.1, -0.05) is 37.0 Å². The zero-order valence-corrected chi connectivity index (χ0v) is 14.3. The van der Waals surface area contributed by atoms with Gasteiger partial charge in [-0.05, 0) is 38.3 Å². The van der Waals surface area contributed by atoms with Crippen molar-refractivity contribution < 1.29 is 0 Å². The Hall–Kier alpha value is -2.43. The second-order valence-electron chi connectivity index (χ2n) is 6.79. The molecule has 2 heterocycles. The molecule has 0 atom stereocenters. The first kappa shape index (κ1) is 15.1. The number of nitrogens with zero attached hydrogens (tertiary/aromatic N) is 4. The van der Waals surface area contributed by atoms with Gasteiger partial charge in [0.1, 0.15) is 12.1 Å². The predicted molar refractivity (Wildman–Crippen MR) is 96.6 cm³/mol. The van der Waals surface area contributed by atoms with E-state index in [-0.39, 0.29) is 0 Å². The SMILES string of the molecule is Cc1ccc(-n2ncc3c(NC4CCCCC4)ncnc32)c(C)c1. The van der Waals surface area contributed by atoms with Crippen molar-refractivity contribution in [3.8, 4) is 5.69 Å².